The number of aliphatic hydroxyl groups is 1. The fourth-order valence-electron chi connectivity index (χ4n) is 2.83. The second kappa shape index (κ2) is 7.89. The summed E-state index contributed by atoms with van der Waals surface area (Å²) in [5, 5.41) is 29.6. The van der Waals surface area contributed by atoms with Crippen LogP contribution in [0.1, 0.15) is 11.7 Å². The van der Waals surface area contributed by atoms with E-state index < -0.39 is 12.1 Å². The number of azo groups is 2. The van der Waals surface area contributed by atoms with E-state index in [2.05, 4.69) is 25.8 Å². The van der Waals surface area contributed by atoms with Crippen molar-refractivity contribution < 1.29 is 9.90 Å². The maximum Gasteiger partial charge on any atom is 0.254 e. The van der Waals surface area contributed by atoms with E-state index in [-0.39, 0.29) is 5.91 Å². The molecule has 3 aromatic rings. The van der Waals surface area contributed by atoms with Gasteiger partial charge in [0.1, 0.15) is 6.10 Å². The summed E-state index contributed by atoms with van der Waals surface area (Å²) in [5.74, 6) is -0.386. The van der Waals surface area contributed by atoms with Gasteiger partial charge in [0.05, 0.1) is 17.1 Å². The Kier molecular flexibility index (Phi) is 4.99. The molecular formula is C21H17N5O2. The molecule has 0 radical (unpaired) electrons. The number of carbonyl (C=O) groups is 1. The molecule has 0 bridgehead atoms. The van der Waals surface area contributed by atoms with E-state index in [1.165, 1.54) is 0 Å². The molecule has 1 amide bonds. The summed E-state index contributed by atoms with van der Waals surface area (Å²) >= 11 is 0. The Morgan fingerprint density at radius 1 is 0.714 bits per heavy atom. The van der Waals surface area contributed by atoms with Gasteiger partial charge in [-0.25, -0.2) is 0 Å². The minimum absolute atomic E-state index is 0.386. The van der Waals surface area contributed by atoms with Crippen LogP contribution in [0.3, 0.4) is 0 Å². The van der Waals surface area contributed by atoms with Crippen LogP contribution in [0.2, 0.25) is 0 Å². The number of anilines is 1. The predicted molar refractivity (Wildman–Crippen MR) is 105 cm³/mol. The molecule has 0 fully saturated rings. The summed E-state index contributed by atoms with van der Waals surface area (Å²) in [6, 6.07) is 22.5. The highest BCUT2D eigenvalue weighted by molar-refractivity contribution is 5.98. The van der Waals surface area contributed by atoms with E-state index in [9.17, 15) is 9.90 Å². The monoisotopic (exact) mass is 371 g/mol. The Hall–Kier alpha value is -3.71. The number of amides is 1. The molecule has 1 heterocycles. The third-order valence-corrected chi connectivity index (χ3v) is 4.29. The van der Waals surface area contributed by atoms with E-state index in [1.54, 1.807) is 48.5 Å². The topological polar surface area (TPSA) is 98.8 Å². The molecule has 7 nitrogen and oxygen atoms in total. The molecule has 0 spiro atoms. The lowest BCUT2D eigenvalue weighted by Gasteiger charge is -2.26. The lowest BCUT2D eigenvalue weighted by molar-refractivity contribution is -0.120. The number of aliphatic hydroxyl groups excluding tert-OH is 1. The van der Waals surface area contributed by atoms with Crippen LogP contribution in [0.4, 0.5) is 22.7 Å². The van der Waals surface area contributed by atoms with Crippen molar-refractivity contribution in [1.82, 2.24) is 0 Å². The first-order valence-electron chi connectivity index (χ1n) is 8.76. The van der Waals surface area contributed by atoms with Crippen molar-refractivity contribution in [3.05, 3.63) is 84.4 Å². The minimum Gasteiger partial charge on any atom is -0.385 e. The number of carbonyl (C=O) groups excluding carboxylic acids is 1. The third kappa shape index (κ3) is 3.84. The Morgan fingerprint density at radius 2 is 1.29 bits per heavy atom. The molecule has 28 heavy (non-hydrogen) atoms. The smallest absolute Gasteiger partial charge is 0.254 e. The van der Waals surface area contributed by atoms with Crippen LogP contribution in [0.5, 0.6) is 0 Å². The molecule has 0 saturated carbocycles. The van der Waals surface area contributed by atoms with E-state index in [0.717, 1.165) is 5.69 Å². The summed E-state index contributed by atoms with van der Waals surface area (Å²) in [7, 11) is 0. The molecule has 2 atom stereocenters. The highest BCUT2D eigenvalue weighted by atomic mass is 16.3. The minimum atomic E-state index is -1.03. The van der Waals surface area contributed by atoms with Gasteiger partial charge in [-0.05, 0) is 42.5 Å². The molecule has 0 aliphatic carbocycles. The number of hydrogen-bond acceptors (Lipinski definition) is 6. The number of rotatable bonds is 4. The Morgan fingerprint density at radius 3 is 2.00 bits per heavy atom. The summed E-state index contributed by atoms with van der Waals surface area (Å²) in [5.41, 5.74) is 3.22. The van der Waals surface area contributed by atoms with Gasteiger partial charge in [0.2, 0.25) is 0 Å². The quantitative estimate of drug-likeness (QED) is 0.613. The van der Waals surface area contributed by atoms with Crippen molar-refractivity contribution in [3.8, 4) is 0 Å². The van der Waals surface area contributed by atoms with Gasteiger partial charge < -0.3 is 10.4 Å². The Balaban J connectivity index is 1.46. The number of nitrogens with one attached hydrogen (secondary N) is 1. The van der Waals surface area contributed by atoms with Crippen LogP contribution < -0.4 is 5.32 Å². The van der Waals surface area contributed by atoms with Crippen molar-refractivity contribution in [3.63, 3.8) is 0 Å². The molecule has 1 aliphatic heterocycles. The third-order valence-electron chi connectivity index (χ3n) is 4.29. The predicted octanol–water partition coefficient (Wildman–Crippen LogP) is 5.24. The standard InChI is InChI=1S/C21H17N5O2/c27-20-17-8-4-5-9-18(17)22-21(28)19(20)26-25-16-12-10-15(11-13-16)24-23-14-6-2-1-3-7-14/h1-13,19-20,27H,(H,22,28)/t19-,20+/m1/s1. The maximum absolute atomic E-state index is 12.2. The maximum atomic E-state index is 12.2. The van der Waals surface area contributed by atoms with E-state index in [1.807, 2.05) is 30.3 Å². The zero-order valence-corrected chi connectivity index (χ0v) is 14.8. The molecule has 7 heteroatoms. The normalized spacial score (nSPS) is 19.0. The van der Waals surface area contributed by atoms with Crippen molar-refractivity contribution in [2.75, 3.05) is 5.32 Å². The van der Waals surface area contributed by atoms with Crippen LogP contribution in [0.15, 0.2) is 99.3 Å². The lowest BCUT2D eigenvalue weighted by Crippen LogP contribution is -2.36. The van der Waals surface area contributed by atoms with Gasteiger partial charge in [0.25, 0.3) is 5.91 Å². The highest BCUT2D eigenvalue weighted by Gasteiger charge is 2.34. The van der Waals surface area contributed by atoms with Crippen LogP contribution in [0, 0.1) is 0 Å². The highest BCUT2D eigenvalue weighted by Crippen LogP contribution is 2.32. The second-order valence-electron chi connectivity index (χ2n) is 6.23. The van der Waals surface area contributed by atoms with E-state index in [0.29, 0.717) is 22.6 Å². The van der Waals surface area contributed by atoms with Gasteiger partial charge in [-0.2, -0.15) is 20.5 Å². The van der Waals surface area contributed by atoms with Gasteiger partial charge in [-0.1, -0.05) is 36.4 Å². The van der Waals surface area contributed by atoms with Gasteiger partial charge in [0, 0.05) is 11.3 Å². The van der Waals surface area contributed by atoms with Crippen molar-refractivity contribution in [2.24, 2.45) is 20.5 Å². The van der Waals surface area contributed by atoms with Gasteiger partial charge in [-0.3, -0.25) is 4.79 Å². The van der Waals surface area contributed by atoms with Crippen molar-refractivity contribution >= 4 is 28.7 Å². The molecule has 3 aromatic carbocycles. The van der Waals surface area contributed by atoms with Gasteiger partial charge in [0.15, 0.2) is 6.04 Å². The fourth-order valence-corrected chi connectivity index (χ4v) is 2.83. The van der Waals surface area contributed by atoms with Gasteiger partial charge >= 0.3 is 0 Å². The number of fused-ring (bicyclic) bond motifs is 1. The average molecular weight is 371 g/mol. The van der Waals surface area contributed by atoms with E-state index >= 15 is 0 Å². The molecular weight excluding hydrogens is 354 g/mol. The largest absolute Gasteiger partial charge is 0.385 e. The SMILES string of the molecule is O=C1Nc2ccccc2[C@H](O)[C@H]1N=Nc1ccc(N=Nc2ccccc2)cc1. The van der Waals surface area contributed by atoms with Crippen molar-refractivity contribution in [1.29, 1.82) is 0 Å². The Labute approximate surface area is 161 Å². The van der Waals surface area contributed by atoms with Crippen molar-refractivity contribution in [2.45, 2.75) is 12.1 Å². The number of para-hydroxylation sites is 1. The molecule has 138 valence electrons. The molecule has 2 N–H and O–H groups in total. The first kappa shape index (κ1) is 17.7. The molecule has 1 aliphatic rings. The summed E-state index contributed by atoms with van der Waals surface area (Å²) in [6.07, 6.45) is -1.03. The molecule has 0 aromatic heterocycles. The first-order chi connectivity index (χ1) is 13.7. The molecule has 0 unspecified atom stereocenters. The zero-order valence-electron chi connectivity index (χ0n) is 14.8. The summed E-state index contributed by atoms with van der Waals surface area (Å²) < 4.78 is 0. The first-order valence-corrected chi connectivity index (χ1v) is 8.76. The number of nitrogens with zero attached hydrogens (tertiary/aromatic N) is 4. The molecule has 4 rings (SSSR count). The van der Waals surface area contributed by atoms with Gasteiger partial charge in [-0.15, -0.1) is 0 Å². The summed E-state index contributed by atoms with van der Waals surface area (Å²) in [4.78, 5) is 12.2. The molecule has 0 saturated heterocycles. The summed E-state index contributed by atoms with van der Waals surface area (Å²) in [6.45, 7) is 0. The van der Waals surface area contributed by atoms with Crippen LogP contribution in [-0.4, -0.2) is 17.1 Å². The van der Waals surface area contributed by atoms with Crippen LogP contribution in [0.25, 0.3) is 0 Å². The fraction of sp³-hybridized carbons (Fsp3) is 0.0952. The van der Waals surface area contributed by atoms with Crippen LogP contribution in [-0.2, 0) is 4.79 Å². The number of benzene rings is 3. The average Bonchev–Trinajstić information content (AvgIpc) is 2.74. The second-order valence-corrected chi connectivity index (χ2v) is 6.23. The zero-order chi connectivity index (χ0) is 19.3. The number of hydrogen-bond donors (Lipinski definition) is 2. The Bertz CT molecular complexity index is 1030. The van der Waals surface area contributed by atoms with E-state index in [4.69, 9.17) is 0 Å². The van der Waals surface area contributed by atoms with Crippen LogP contribution >= 0.6 is 0 Å². The lowest BCUT2D eigenvalue weighted by atomic mass is 9.96.